The summed E-state index contributed by atoms with van der Waals surface area (Å²) in [5.41, 5.74) is 0.861. The number of hydrogen-bond acceptors (Lipinski definition) is 2. The normalized spacial score (nSPS) is 12.6. The summed E-state index contributed by atoms with van der Waals surface area (Å²) >= 11 is 5.86. The summed E-state index contributed by atoms with van der Waals surface area (Å²) in [7, 11) is 0. The molecule has 0 radical (unpaired) electrons. The third-order valence-corrected chi connectivity index (χ3v) is 1.79. The van der Waals surface area contributed by atoms with Crippen molar-refractivity contribution < 1.29 is 5.11 Å². The Morgan fingerprint density at radius 1 is 1.50 bits per heavy atom. The highest BCUT2D eigenvalue weighted by Crippen LogP contribution is 2.19. The molecule has 0 saturated carbocycles. The van der Waals surface area contributed by atoms with Crippen molar-refractivity contribution in [2.75, 3.05) is 11.9 Å². The van der Waals surface area contributed by atoms with E-state index < -0.39 is 0 Å². The van der Waals surface area contributed by atoms with Gasteiger partial charge < -0.3 is 10.4 Å². The van der Waals surface area contributed by atoms with Crippen LogP contribution in [0.15, 0.2) is 24.3 Å². The van der Waals surface area contributed by atoms with Crippen LogP contribution in [0.5, 0.6) is 0 Å². The van der Waals surface area contributed by atoms with Crippen LogP contribution in [-0.2, 0) is 0 Å². The van der Waals surface area contributed by atoms with E-state index in [4.69, 9.17) is 16.7 Å². The summed E-state index contributed by atoms with van der Waals surface area (Å²) in [6.45, 7) is 2.24. The van der Waals surface area contributed by atoms with Crippen LogP contribution in [0, 0.1) is 0 Å². The lowest BCUT2D eigenvalue weighted by molar-refractivity contribution is 0.208. The molecule has 0 aliphatic heterocycles. The van der Waals surface area contributed by atoms with E-state index in [2.05, 4.69) is 5.32 Å². The lowest BCUT2D eigenvalue weighted by Crippen LogP contribution is -2.15. The van der Waals surface area contributed by atoms with E-state index in [-0.39, 0.29) is 6.10 Å². The number of benzene rings is 1. The van der Waals surface area contributed by atoms with Crippen molar-refractivity contribution in [1.29, 1.82) is 0 Å². The fourth-order valence-corrected chi connectivity index (χ4v) is 1.06. The Labute approximate surface area is 77.2 Å². The molecule has 1 atom stereocenters. The average Bonchev–Trinajstić information content (AvgIpc) is 2.03. The Kier molecular flexibility index (Phi) is 3.38. The van der Waals surface area contributed by atoms with Gasteiger partial charge in [-0.3, -0.25) is 0 Å². The first-order valence-corrected chi connectivity index (χ1v) is 4.24. The monoisotopic (exact) mass is 185 g/mol. The van der Waals surface area contributed by atoms with Gasteiger partial charge in [0.05, 0.1) is 16.8 Å². The summed E-state index contributed by atoms with van der Waals surface area (Å²) in [5, 5.41) is 12.7. The van der Waals surface area contributed by atoms with Crippen LogP contribution in [0.1, 0.15) is 6.92 Å². The number of aliphatic hydroxyl groups excluding tert-OH is 1. The molecular formula is C9H12ClNO. The molecule has 2 N–H and O–H groups in total. The third-order valence-electron chi connectivity index (χ3n) is 1.46. The number of halogens is 1. The largest absolute Gasteiger partial charge is 0.392 e. The van der Waals surface area contributed by atoms with Crippen molar-refractivity contribution in [2.24, 2.45) is 0 Å². The maximum Gasteiger partial charge on any atom is 0.0684 e. The molecule has 1 aromatic rings. The zero-order valence-electron chi connectivity index (χ0n) is 6.92. The third kappa shape index (κ3) is 2.72. The molecule has 0 saturated heterocycles. The van der Waals surface area contributed by atoms with Crippen LogP contribution in [0.2, 0.25) is 5.02 Å². The standard InChI is InChI=1S/C9H12ClNO/c1-7(12)6-11-9-5-3-2-4-8(9)10/h2-5,7,11-12H,6H2,1H3. The van der Waals surface area contributed by atoms with Crippen LogP contribution in [0.25, 0.3) is 0 Å². The van der Waals surface area contributed by atoms with E-state index in [0.29, 0.717) is 11.6 Å². The van der Waals surface area contributed by atoms with Gasteiger partial charge in [-0.15, -0.1) is 0 Å². The zero-order valence-corrected chi connectivity index (χ0v) is 7.67. The molecule has 1 aromatic carbocycles. The van der Waals surface area contributed by atoms with E-state index in [9.17, 15) is 0 Å². The molecule has 2 nitrogen and oxygen atoms in total. The minimum atomic E-state index is -0.360. The molecule has 12 heavy (non-hydrogen) atoms. The molecule has 3 heteroatoms. The molecule has 1 unspecified atom stereocenters. The fourth-order valence-electron chi connectivity index (χ4n) is 0.862. The topological polar surface area (TPSA) is 32.3 Å². The van der Waals surface area contributed by atoms with Crippen molar-refractivity contribution in [3.8, 4) is 0 Å². The molecule has 0 heterocycles. The van der Waals surface area contributed by atoms with E-state index in [1.54, 1.807) is 6.92 Å². The van der Waals surface area contributed by atoms with Crippen molar-refractivity contribution in [2.45, 2.75) is 13.0 Å². The van der Waals surface area contributed by atoms with Gasteiger partial charge in [-0.25, -0.2) is 0 Å². The quantitative estimate of drug-likeness (QED) is 0.756. The second kappa shape index (κ2) is 4.33. The molecule has 0 spiro atoms. The number of nitrogens with one attached hydrogen (secondary N) is 1. The van der Waals surface area contributed by atoms with Crippen molar-refractivity contribution in [1.82, 2.24) is 0 Å². The predicted octanol–water partition coefficient (Wildman–Crippen LogP) is 2.13. The number of anilines is 1. The number of hydrogen-bond donors (Lipinski definition) is 2. The SMILES string of the molecule is CC(O)CNc1ccccc1Cl. The summed E-state index contributed by atoms with van der Waals surface area (Å²) in [4.78, 5) is 0. The first kappa shape index (κ1) is 9.36. The van der Waals surface area contributed by atoms with E-state index in [1.807, 2.05) is 24.3 Å². The Balaban J connectivity index is 2.57. The molecule has 0 aromatic heterocycles. The Morgan fingerprint density at radius 3 is 2.75 bits per heavy atom. The summed E-state index contributed by atoms with van der Waals surface area (Å²) < 4.78 is 0. The molecule has 0 bridgehead atoms. The van der Waals surface area contributed by atoms with Crippen LogP contribution in [-0.4, -0.2) is 17.8 Å². The lowest BCUT2D eigenvalue weighted by atomic mass is 10.3. The van der Waals surface area contributed by atoms with Crippen LogP contribution >= 0.6 is 11.6 Å². The first-order chi connectivity index (χ1) is 5.70. The molecular weight excluding hydrogens is 174 g/mol. The number of para-hydroxylation sites is 1. The van der Waals surface area contributed by atoms with Crippen molar-refractivity contribution >= 4 is 17.3 Å². The van der Waals surface area contributed by atoms with Gasteiger partial charge in [0.25, 0.3) is 0 Å². The maximum atomic E-state index is 9.00. The number of rotatable bonds is 3. The molecule has 0 amide bonds. The lowest BCUT2D eigenvalue weighted by Gasteiger charge is -2.09. The smallest absolute Gasteiger partial charge is 0.0684 e. The Hall–Kier alpha value is -0.730. The van der Waals surface area contributed by atoms with Gasteiger partial charge in [0.15, 0.2) is 0 Å². The van der Waals surface area contributed by atoms with Gasteiger partial charge >= 0.3 is 0 Å². The average molecular weight is 186 g/mol. The highest BCUT2D eigenvalue weighted by atomic mass is 35.5. The number of aliphatic hydroxyl groups is 1. The van der Waals surface area contributed by atoms with Crippen LogP contribution in [0.4, 0.5) is 5.69 Å². The molecule has 1 rings (SSSR count). The van der Waals surface area contributed by atoms with Gasteiger partial charge in [-0.1, -0.05) is 23.7 Å². The summed E-state index contributed by atoms with van der Waals surface area (Å²) in [6, 6.07) is 7.46. The summed E-state index contributed by atoms with van der Waals surface area (Å²) in [5.74, 6) is 0. The second-order valence-corrected chi connectivity index (χ2v) is 3.12. The Morgan fingerprint density at radius 2 is 2.17 bits per heavy atom. The summed E-state index contributed by atoms with van der Waals surface area (Å²) in [6.07, 6.45) is -0.360. The Bertz CT molecular complexity index is 250. The van der Waals surface area contributed by atoms with Gasteiger partial charge in [0, 0.05) is 6.54 Å². The zero-order chi connectivity index (χ0) is 8.97. The predicted molar refractivity (Wildman–Crippen MR) is 51.6 cm³/mol. The van der Waals surface area contributed by atoms with Gasteiger partial charge in [0.2, 0.25) is 0 Å². The van der Waals surface area contributed by atoms with E-state index in [1.165, 1.54) is 0 Å². The maximum absolute atomic E-state index is 9.00. The van der Waals surface area contributed by atoms with E-state index in [0.717, 1.165) is 5.69 Å². The highest BCUT2D eigenvalue weighted by Gasteiger charge is 1.98. The van der Waals surface area contributed by atoms with Gasteiger partial charge in [0.1, 0.15) is 0 Å². The minimum Gasteiger partial charge on any atom is -0.392 e. The van der Waals surface area contributed by atoms with Gasteiger partial charge in [-0.05, 0) is 19.1 Å². The first-order valence-electron chi connectivity index (χ1n) is 3.86. The van der Waals surface area contributed by atoms with Crippen molar-refractivity contribution in [3.63, 3.8) is 0 Å². The molecule has 0 fully saturated rings. The second-order valence-electron chi connectivity index (χ2n) is 2.71. The molecule has 0 aliphatic rings. The fraction of sp³-hybridized carbons (Fsp3) is 0.333. The highest BCUT2D eigenvalue weighted by molar-refractivity contribution is 6.33. The van der Waals surface area contributed by atoms with E-state index >= 15 is 0 Å². The van der Waals surface area contributed by atoms with Gasteiger partial charge in [-0.2, -0.15) is 0 Å². The minimum absolute atomic E-state index is 0.360. The molecule has 66 valence electrons. The van der Waals surface area contributed by atoms with Crippen molar-refractivity contribution in [3.05, 3.63) is 29.3 Å². The molecule has 0 aliphatic carbocycles. The van der Waals surface area contributed by atoms with Crippen LogP contribution in [0.3, 0.4) is 0 Å². The van der Waals surface area contributed by atoms with Crippen LogP contribution < -0.4 is 5.32 Å².